The van der Waals surface area contributed by atoms with Crippen LogP contribution >= 0.6 is 0 Å². The fraction of sp³-hybridized carbons (Fsp3) is 0.357. The summed E-state index contributed by atoms with van der Waals surface area (Å²) in [5.41, 5.74) is 1.21. The lowest BCUT2D eigenvalue weighted by molar-refractivity contribution is -0.120. The highest BCUT2D eigenvalue weighted by atomic mass is 16.1. The molecular weight excluding hydrogens is 198 g/mol. The zero-order chi connectivity index (χ0) is 12.8. The van der Waals surface area contributed by atoms with Gasteiger partial charge in [0.2, 0.25) is 5.91 Å². The van der Waals surface area contributed by atoms with Crippen LogP contribution in [0.25, 0.3) is 0 Å². The normalized spacial score (nSPS) is 7.56. The summed E-state index contributed by atoms with van der Waals surface area (Å²) in [6.45, 7) is 4.00. The monoisotopic (exact) mass is 219 g/mol. The van der Waals surface area contributed by atoms with Crippen molar-refractivity contribution in [2.45, 2.75) is 26.7 Å². The van der Waals surface area contributed by atoms with E-state index < -0.39 is 0 Å². The fourth-order valence-electron chi connectivity index (χ4n) is 1.03. The topological polar surface area (TPSA) is 29.1 Å². The number of carbonyl (C=O) groups excluding carboxylic acids is 1. The van der Waals surface area contributed by atoms with Crippen molar-refractivity contribution in [2.75, 3.05) is 7.05 Å². The van der Waals surface area contributed by atoms with Crippen LogP contribution in [0, 0.1) is 12.8 Å². The van der Waals surface area contributed by atoms with Crippen molar-refractivity contribution in [3.8, 4) is 12.8 Å². The van der Waals surface area contributed by atoms with E-state index in [9.17, 15) is 4.79 Å². The van der Waals surface area contributed by atoms with Crippen LogP contribution in [-0.2, 0) is 11.2 Å². The summed E-state index contributed by atoms with van der Waals surface area (Å²) in [4.78, 5) is 10.9. The molecule has 0 atom stereocenters. The second-order valence-corrected chi connectivity index (χ2v) is 2.66. The minimum absolute atomic E-state index is 0.0962. The highest BCUT2D eigenvalue weighted by Gasteiger charge is 1.97. The van der Waals surface area contributed by atoms with Gasteiger partial charge in [0.1, 0.15) is 0 Å². The van der Waals surface area contributed by atoms with Crippen molar-refractivity contribution < 1.29 is 4.79 Å². The van der Waals surface area contributed by atoms with Crippen LogP contribution in [0.1, 0.15) is 25.8 Å². The van der Waals surface area contributed by atoms with E-state index in [1.54, 1.807) is 7.05 Å². The van der Waals surface area contributed by atoms with Gasteiger partial charge in [-0.2, -0.15) is 0 Å². The van der Waals surface area contributed by atoms with Crippen LogP contribution in [0.3, 0.4) is 0 Å². The summed E-state index contributed by atoms with van der Waals surface area (Å²) in [5, 5.41) is 2.60. The lowest BCUT2D eigenvalue weighted by Gasteiger charge is -1.99. The van der Waals surface area contributed by atoms with E-state index in [0.29, 0.717) is 6.42 Å². The molecule has 1 amide bonds. The number of nitrogens with one attached hydrogen (secondary N) is 1. The van der Waals surface area contributed by atoms with Crippen molar-refractivity contribution >= 4 is 5.91 Å². The third-order valence-electron chi connectivity index (χ3n) is 1.76. The van der Waals surface area contributed by atoms with Gasteiger partial charge >= 0.3 is 0 Å². The highest BCUT2D eigenvalue weighted by molar-refractivity contribution is 5.75. The van der Waals surface area contributed by atoms with Gasteiger partial charge in [0, 0.05) is 13.5 Å². The van der Waals surface area contributed by atoms with E-state index in [1.165, 1.54) is 5.56 Å². The van der Waals surface area contributed by atoms with Crippen molar-refractivity contribution in [3.05, 3.63) is 35.9 Å². The average molecular weight is 219 g/mol. The van der Waals surface area contributed by atoms with E-state index in [4.69, 9.17) is 0 Å². The Hall–Kier alpha value is -1.75. The van der Waals surface area contributed by atoms with Gasteiger partial charge in [0.15, 0.2) is 0 Å². The SMILES string of the molecule is C#C.CC.CNC(=O)CCc1ccccc1. The molecule has 0 bridgehead atoms. The molecule has 0 radical (unpaired) electrons. The number of amides is 1. The Morgan fingerprint density at radius 1 is 1.19 bits per heavy atom. The standard InChI is InChI=1S/C10H13NO.C2H6.C2H2/c1-11-10(12)8-7-9-5-3-2-4-6-9;2*1-2/h2-6H,7-8H2,1H3,(H,11,12);1-2H3;1-2H. The first-order chi connectivity index (χ1) is 7.83. The molecule has 2 nitrogen and oxygen atoms in total. The zero-order valence-electron chi connectivity index (χ0n) is 10.4. The predicted octanol–water partition coefficient (Wildman–Crippen LogP) is 2.64. The summed E-state index contributed by atoms with van der Waals surface area (Å²) in [6.07, 6.45) is 9.39. The molecule has 2 heteroatoms. The van der Waals surface area contributed by atoms with E-state index in [-0.39, 0.29) is 5.91 Å². The Morgan fingerprint density at radius 2 is 1.69 bits per heavy atom. The summed E-state index contributed by atoms with van der Waals surface area (Å²) >= 11 is 0. The van der Waals surface area contributed by atoms with Gasteiger partial charge in [0.25, 0.3) is 0 Å². The summed E-state index contributed by atoms with van der Waals surface area (Å²) in [6, 6.07) is 10.0. The minimum atomic E-state index is 0.0962. The maximum Gasteiger partial charge on any atom is 0.220 e. The van der Waals surface area contributed by atoms with E-state index in [1.807, 2.05) is 44.2 Å². The van der Waals surface area contributed by atoms with E-state index in [0.717, 1.165) is 6.42 Å². The molecule has 0 aliphatic rings. The molecule has 16 heavy (non-hydrogen) atoms. The minimum Gasteiger partial charge on any atom is -0.359 e. The first-order valence-electron chi connectivity index (χ1n) is 5.41. The van der Waals surface area contributed by atoms with Crippen molar-refractivity contribution in [1.29, 1.82) is 0 Å². The molecule has 0 heterocycles. The molecule has 1 aromatic rings. The lowest BCUT2D eigenvalue weighted by atomic mass is 10.1. The number of benzene rings is 1. The molecule has 0 fully saturated rings. The van der Waals surface area contributed by atoms with Crippen LogP contribution in [0.4, 0.5) is 0 Å². The van der Waals surface area contributed by atoms with Crippen LogP contribution in [-0.4, -0.2) is 13.0 Å². The van der Waals surface area contributed by atoms with Crippen LogP contribution in [0.5, 0.6) is 0 Å². The first kappa shape index (κ1) is 16.7. The van der Waals surface area contributed by atoms with Gasteiger partial charge in [-0.3, -0.25) is 4.79 Å². The quantitative estimate of drug-likeness (QED) is 0.778. The smallest absolute Gasteiger partial charge is 0.220 e. The van der Waals surface area contributed by atoms with Crippen molar-refractivity contribution in [2.24, 2.45) is 0 Å². The van der Waals surface area contributed by atoms with Crippen LogP contribution in [0.2, 0.25) is 0 Å². The van der Waals surface area contributed by atoms with Crippen molar-refractivity contribution in [3.63, 3.8) is 0 Å². The Balaban J connectivity index is 0. The Bertz CT molecular complexity index is 277. The van der Waals surface area contributed by atoms with Gasteiger partial charge in [-0.1, -0.05) is 44.2 Å². The molecule has 0 aromatic heterocycles. The number of terminal acetylenes is 1. The molecule has 0 saturated carbocycles. The van der Waals surface area contributed by atoms with Gasteiger partial charge in [-0.25, -0.2) is 0 Å². The largest absolute Gasteiger partial charge is 0.359 e. The maximum atomic E-state index is 10.9. The molecule has 0 aliphatic carbocycles. The third kappa shape index (κ3) is 8.83. The van der Waals surface area contributed by atoms with Gasteiger partial charge < -0.3 is 5.32 Å². The van der Waals surface area contributed by atoms with Crippen LogP contribution in [0.15, 0.2) is 30.3 Å². The summed E-state index contributed by atoms with van der Waals surface area (Å²) in [5.74, 6) is 0.0962. The third-order valence-corrected chi connectivity index (χ3v) is 1.76. The molecule has 0 saturated heterocycles. The zero-order valence-corrected chi connectivity index (χ0v) is 10.4. The number of aryl methyl sites for hydroxylation is 1. The second-order valence-electron chi connectivity index (χ2n) is 2.66. The number of carbonyl (C=O) groups is 1. The van der Waals surface area contributed by atoms with Gasteiger partial charge in [-0.05, 0) is 12.0 Å². The fourth-order valence-corrected chi connectivity index (χ4v) is 1.03. The molecular formula is C14H21NO. The lowest BCUT2D eigenvalue weighted by Crippen LogP contribution is -2.17. The van der Waals surface area contributed by atoms with E-state index >= 15 is 0 Å². The predicted molar refractivity (Wildman–Crippen MR) is 70.1 cm³/mol. The highest BCUT2D eigenvalue weighted by Crippen LogP contribution is 2.01. The molecule has 0 spiro atoms. The van der Waals surface area contributed by atoms with Crippen LogP contribution < -0.4 is 5.32 Å². The molecule has 1 rings (SSSR count). The maximum absolute atomic E-state index is 10.9. The molecule has 0 aliphatic heterocycles. The first-order valence-corrected chi connectivity index (χ1v) is 5.41. The van der Waals surface area contributed by atoms with Crippen molar-refractivity contribution in [1.82, 2.24) is 5.32 Å². The Kier molecular flexibility index (Phi) is 13.8. The average Bonchev–Trinajstić information content (AvgIpc) is 2.41. The summed E-state index contributed by atoms with van der Waals surface area (Å²) in [7, 11) is 1.66. The van der Waals surface area contributed by atoms with Gasteiger partial charge in [-0.15, -0.1) is 12.8 Å². The number of hydrogen-bond donors (Lipinski definition) is 1. The summed E-state index contributed by atoms with van der Waals surface area (Å²) < 4.78 is 0. The number of rotatable bonds is 3. The van der Waals surface area contributed by atoms with E-state index in [2.05, 4.69) is 18.2 Å². The second kappa shape index (κ2) is 13.2. The molecule has 1 N–H and O–H groups in total. The molecule has 0 unspecified atom stereocenters. The number of hydrogen-bond acceptors (Lipinski definition) is 1. The Labute approximate surface area is 99.1 Å². The molecule has 88 valence electrons. The molecule has 1 aromatic carbocycles. The Morgan fingerprint density at radius 3 is 2.12 bits per heavy atom. The van der Waals surface area contributed by atoms with Gasteiger partial charge in [0.05, 0.1) is 0 Å².